The molecule has 26 heavy (non-hydrogen) atoms. The number of ether oxygens (including phenoxy) is 1. The summed E-state index contributed by atoms with van der Waals surface area (Å²) in [4.78, 5) is 23.1. The molecule has 2 aromatic carbocycles. The summed E-state index contributed by atoms with van der Waals surface area (Å²) >= 11 is 0. The van der Waals surface area contributed by atoms with Gasteiger partial charge in [-0.2, -0.15) is 5.26 Å². The molecule has 6 nitrogen and oxygen atoms in total. The molecule has 0 aliphatic carbocycles. The highest BCUT2D eigenvalue weighted by atomic mass is 16.5. The fraction of sp³-hybridized carbons (Fsp3) is 0.250. The maximum Gasteiger partial charge on any atom is 0.276 e. The van der Waals surface area contributed by atoms with Crippen LogP contribution >= 0.6 is 0 Å². The molecule has 0 bridgehead atoms. The number of hydrazine groups is 1. The Balaban J connectivity index is 1.82. The van der Waals surface area contributed by atoms with Gasteiger partial charge in [0.15, 0.2) is 6.61 Å². The Morgan fingerprint density at radius 1 is 0.962 bits per heavy atom. The van der Waals surface area contributed by atoms with E-state index in [-0.39, 0.29) is 18.4 Å². The van der Waals surface area contributed by atoms with Crippen molar-refractivity contribution in [3.05, 3.63) is 54.1 Å². The number of nitriles is 1. The highest BCUT2D eigenvalue weighted by Crippen LogP contribution is 2.22. The smallest absolute Gasteiger partial charge is 0.276 e. The van der Waals surface area contributed by atoms with Gasteiger partial charge in [-0.25, -0.2) is 0 Å². The van der Waals surface area contributed by atoms with Crippen LogP contribution in [0.5, 0.6) is 5.75 Å². The molecule has 0 unspecified atom stereocenters. The first-order valence-electron chi connectivity index (χ1n) is 8.29. The highest BCUT2D eigenvalue weighted by molar-refractivity contribution is 5.82. The quantitative estimate of drug-likeness (QED) is 0.783. The summed E-state index contributed by atoms with van der Waals surface area (Å²) in [5, 5.41) is 8.82. The predicted octanol–water partition coefficient (Wildman–Crippen LogP) is 2.80. The Morgan fingerprint density at radius 3 is 2.04 bits per heavy atom. The maximum absolute atomic E-state index is 11.7. The van der Waals surface area contributed by atoms with Crippen LogP contribution in [0, 0.1) is 17.2 Å². The first-order valence-corrected chi connectivity index (χ1v) is 8.29. The van der Waals surface area contributed by atoms with Crippen molar-refractivity contribution in [1.82, 2.24) is 10.9 Å². The summed E-state index contributed by atoms with van der Waals surface area (Å²) in [5.41, 5.74) is 7.24. The number of carbonyl (C=O) groups is 2. The molecule has 0 spiro atoms. The van der Waals surface area contributed by atoms with Crippen molar-refractivity contribution in [2.75, 3.05) is 6.61 Å². The van der Waals surface area contributed by atoms with Crippen molar-refractivity contribution >= 4 is 11.8 Å². The fourth-order valence-corrected chi connectivity index (χ4v) is 2.23. The molecular weight excluding hydrogens is 330 g/mol. The zero-order valence-corrected chi connectivity index (χ0v) is 14.8. The van der Waals surface area contributed by atoms with E-state index in [0.29, 0.717) is 17.7 Å². The van der Waals surface area contributed by atoms with Crippen LogP contribution in [0.1, 0.15) is 25.8 Å². The molecule has 2 amide bonds. The molecule has 134 valence electrons. The Bertz CT molecular complexity index is 791. The maximum atomic E-state index is 11.7. The predicted molar refractivity (Wildman–Crippen MR) is 97.8 cm³/mol. The van der Waals surface area contributed by atoms with Gasteiger partial charge in [0.2, 0.25) is 5.91 Å². The lowest BCUT2D eigenvalue weighted by Gasteiger charge is -2.10. The minimum Gasteiger partial charge on any atom is -0.484 e. The minimum absolute atomic E-state index is 0.196. The summed E-state index contributed by atoms with van der Waals surface area (Å²) in [6.45, 7) is 3.65. The van der Waals surface area contributed by atoms with Crippen molar-refractivity contribution in [2.45, 2.75) is 20.3 Å². The van der Waals surface area contributed by atoms with Crippen molar-refractivity contribution in [1.29, 1.82) is 5.26 Å². The van der Waals surface area contributed by atoms with Gasteiger partial charge in [0.1, 0.15) is 5.75 Å². The minimum atomic E-state index is -0.432. The van der Waals surface area contributed by atoms with E-state index in [4.69, 9.17) is 10.00 Å². The molecule has 2 aromatic rings. The largest absolute Gasteiger partial charge is 0.484 e. The average molecular weight is 351 g/mol. The van der Waals surface area contributed by atoms with Gasteiger partial charge in [-0.05, 0) is 41.3 Å². The van der Waals surface area contributed by atoms with E-state index in [9.17, 15) is 9.59 Å². The van der Waals surface area contributed by atoms with Crippen LogP contribution in [0.4, 0.5) is 0 Å². The summed E-state index contributed by atoms with van der Waals surface area (Å²) in [6.07, 6.45) is 0.345. The lowest BCUT2D eigenvalue weighted by atomic mass is 10.0. The van der Waals surface area contributed by atoms with Crippen molar-refractivity contribution < 1.29 is 14.3 Å². The van der Waals surface area contributed by atoms with E-state index in [0.717, 1.165) is 11.1 Å². The van der Waals surface area contributed by atoms with E-state index >= 15 is 0 Å². The van der Waals surface area contributed by atoms with Crippen LogP contribution in [-0.2, 0) is 9.59 Å². The van der Waals surface area contributed by atoms with Crippen LogP contribution in [-0.4, -0.2) is 18.4 Å². The molecule has 0 aliphatic heterocycles. The third-order valence-electron chi connectivity index (χ3n) is 3.51. The molecule has 0 aliphatic rings. The molecule has 2 rings (SSSR count). The number of benzene rings is 2. The van der Waals surface area contributed by atoms with Crippen molar-refractivity contribution in [3.63, 3.8) is 0 Å². The second-order valence-electron chi connectivity index (χ2n) is 6.20. The Morgan fingerprint density at radius 2 is 1.50 bits per heavy atom. The van der Waals surface area contributed by atoms with Gasteiger partial charge in [-0.3, -0.25) is 20.4 Å². The number of carbonyl (C=O) groups excluding carboxylic acids is 2. The van der Waals surface area contributed by atoms with Crippen LogP contribution < -0.4 is 15.6 Å². The zero-order chi connectivity index (χ0) is 18.9. The number of nitrogens with one attached hydrogen (secondary N) is 2. The standard InChI is InChI=1S/C20H21N3O3/c1-14(2)11-19(24)22-23-20(25)13-26-18-9-7-17(8-10-18)16-5-3-15(12-21)4-6-16/h3-10,14H,11,13H2,1-2H3,(H,22,24)(H,23,25). The third-order valence-corrected chi connectivity index (χ3v) is 3.51. The first-order chi connectivity index (χ1) is 12.5. The summed E-state index contributed by atoms with van der Waals surface area (Å²) in [5.74, 6) is 0.0993. The van der Waals surface area contributed by atoms with Crippen LogP contribution in [0.25, 0.3) is 11.1 Å². The molecule has 2 N–H and O–H groups in total. The van der Waals surface area contributed by atoms with Crippen molar-refractivity contribution in [2.24, 2.45) is 5.92 Å². The molecule has 0 saturated carbocycles. The molecule has 0 aromatic heterocycles. The van der Waals surface area contributed by atoms with Gasteiger partial charge in [-0.1, -0.05) is 38.1 Å². The molecule has 0 heterocycles. The molecule has 0 atom stereocenters. The molecule has 6 heteroatoms. The number of nitrogens with zero attached hydrogens (tertiary/aromatic N) is 1. The van der Waals surface area contributed by atoms with Crippen LogP contribution in [0.3, 0.4) is 0 Å². The molecule has 0 saturated heterocycles. The third kappa shape index (κ3) is 5.95. The van der Waals surface area contributed by atoms with E-state index in [1.54, 1.807) is 24.3 Å². The lowest BCUT2D eigenvalue weighted by molar-refractivity contribution is -0.130. The summed E-state index contributed by atoms with van der Waals surface area (Å²) < 4.78 is 5.40. The monoisotopic (exact) mass is 351 g/mol. The second kappa shape index (κ2) is 9.23. The highest BCUT2D eigenvalue weighted by Gasteiger charge is 2.07. The SMILES string of the molecule is CC(C)CC(=O)NNC(=O)COc1ccc(-c2ccc(C#N)cc2)cc1. The molecule has 0 fully saturated rings. The fourth-order valence-electron chi connectivity index (χ4n) is 2.23. The van der Waals surface area contributed by atoms with E-state index in [2.05, 4.69) is 16.9 Å². The van der Waals surface area contributed by atoms with Gasteiger partial charge >= 0.3 is 0 Å². The number of hydrogen-bond donors (Lipinski definition) is 2. The van der Waals surface area contributed by atoms with Gasteiger partial charge in [0.05, 0.1) is 11.6 Å². The normalized spacial score (nSPS) is 10.1. The molecule has 0 radical (unpaired) electrons. The Labute approximate surface area is 152 Å². The van der Waals surface area contributed by atoms with Gasteiger partial charge in [0, 0.05) is 6.42 Å². The van der Waals surface area contributed by atoms with Crippen LogP contribution in [0.15, 0.2) is 48.5 Å². The summed E-state index contributed by atoms with van der Waals surface area (Å²) in [6, 6.07) is 16.6. The lowest BCUT2D eigenvalue weighted by Crippen LogP contribution is -2.44. The van der Waals surface area contributed by atoms with Crippen LogP contribution in [0.2, 0.25) is 0 Å². The van der Waals surface area contributed by atoms with Crippen molar-refractivity contribution in [3.8, 4) is 22.9 Å². The first kappa shape index (κ1) is 19.0. The van der Waals surface area contributed by atoms with E-state index < -0.39 is 5.91 Å². The van der Waals surface area contributed by atoms with E-state index in [1.807, 2.05) is 38.1 Å². The zero-order valence-electron chi connectivity index (χ0n) is 14.8. The number of hydrogen-bond acceptors (Lipinski definition) is 4. The van der Waals surface area contributed by atoms with Gasteiger partial charge in [0.25, 0.3) is 5.91 Å². The second-order valence-corrected chi connectivity index (χ2v) is 6.20. The van der Waals surface area contributed by atoms with Gasteiger partial charge in [-0.15, -0.1) is 0 Å². The Kier molecular flexibility index (Phi) is 6.75. The summed E-state index contributed by atoms with van der Waals surface area (Å²) in [7, 11) is 0. The number of rotatable bonds is 6. The molecular formula is C20H21N3O3. The number of amides is 2. The average Bonchev–Trinajstić information content (AvgIpc) is 2.64. The Hall–Kier alpha value is -3.33. The van der Waals surface area contributed by atoms with E-state index in [1.165, 1.54) is 0 Å². The topological polar surface area (TPSA) is 91.2 Å². The van der Waals surface area contributed by atoms with Gasteiger partial charge < -0.3 is 4.74 Å².